The number of rotatable bonds is 14. The van der Waals surface area contributed by atoms with E-state index < -0.39 is 0 Å². The summed E-state index contributed by atoms with van der Waals surface area (Å²) in [7, 11) is 0. The lowest BCUT2D eigenvalue weighted by molar-refractivity contribution is -0.120. The molecule has 0 saturated carbocycles. The van der Waals surface area contributed by atoms with Crippen LogP contribution in [-0.4, -0.2) is 56.5 Å². The third-order valence-corrected chi connectivity index (χ3v) is 2.82. The molecular formula is C13H26INO4. The number of halogens is 1. The smallest absolute Gasteiger partial charge is 0.220 e. The van der Waals surface area contributed by atoms with Crippen LogP contribution in [0.5, 0.6) is 0 Å². The number of carbonyl (C=O) groups is 1. The third-order valence-electron chi connectivity index (χ3n) is 2.28. The lowest BCUT2D eigenvalue weighted by Gasteiger charge is -2.07. The molecule has 0 fully saturated rings. The van der Waals surface area contributed by atoms with Gasteiger partial charge in [0.15, 0.2) is 0 Å². The minimum atomic E-state index is 0.0819. The molecule has 19 heavy (non-hydrogen) atoms. The van der Waals surface area contributed by atoms with Gasteiger partial charge in [-0.2, -0.15) is 0 Å². The molecule has 0 aromatic heterocycles. The molecule has 0 heterocycles. The highest BCUT2D eigenvalue weighted by molar-refractivity contribution is 14.1. The Bertz CT molecular complexity index is 205. The second-order valence-corrected chi connectivity index (χ2v) is 5.06. The van der Waals surface area contributed by atoms with Crippen LogP contribution in [-0.2, 0) is 19.0 Å². The first kappa shape index (κ1) is 19.1. The summed E-state index contributed by atoms with van der Waals surface area (Å²) in [5.74, 6) is 0.0819. The zero-order valence-corrected chi connectivity index (χ0v) is 13.9. The Morgan fingerprint density at radius 2 is 1.58 bits per heavy atom. The first-order chi connectivity index (χ1) is 9.31. The van der Waals surface area contributed by atoms with Gasteiger partial charge >= 0.3 is 0 Å². The van der Waals surface area contributed by atoms with E-state index >= 15 is 0 Å². The van der Waals surface area contributed by atoms with Crippen LogP contribution in [0, 0.1) is 0 Å². The van der Waals surface area contributed by atoms with Crippen LogP contribution < -0.4 is 5.32 Å². The molecule has 0 saturated heterocycles. The molecule has 0 atom stereocenters. The first-order valence-electron chi connectivity index (χ1n) is 6.87. The van der Waals surface area contributed by atoms with Crippen molar-refractivity contribution in [2.45, 2.75) is 26.2 Å². The normalized spacial score (nSPS) is 10.6. The summed E-state index contributed by atoms with van der Waals surface area (Å²) >= 11 is 2.18. The first-order valence-corrected chi connectivity index (χ1v) is 8.39. The van der Waals surface area contributed by atoms with Crippen molar-refractivity contribution in [2.75, 3.05) is 50.6 Å². The second kappa shape index (κ2) is 16.1. The van der Waals surface area contributed by atoms with Gasteiger partial charge in [0.25, 0.3) is 0 Å². The van der Waals surface area contributed by atoms with Gasteiger partial charge < -0.3 is 19.5 Å². The summed E-state index contributed by atoms with van der Waals surface area (Å²) < 4.78 is 16.9. The van der Waals surface area contributed by atoms with Crippen LogP contribution in [0.4, 0.5) is 0 Å². The lowest BCUT2D eigenvalue weighted by atomic mass is 10.4. The van der Waals surface area contributed by atoms with Crippen molar-refractivity contribution in [2.24, 2.45) is 0 Å². The Morgan fingerprint density at radius 3 is 2.16 bits per heavy atom. The van der Waals surface area contributed by atoms with Gasteiger partial charge in [0, 0.05) is 24.0 Å². The SMILES string of the molecule is CCCCOCCOCCOCCNC(=O)CCI. The Morgan fingerprint density at radius 1 is 1.00 bits per heavy atom. The van der Waals surface area contributed by atoms with Gasteiger partial charge in [0.05, 0.1) is 33.0 Å². The highest BCUT2D eigenvalue weighted by atomic mass is 127. The molecule has 0 aromatic carbocycles. The van der Waals surface area contributed by atoms with Gasteiger partial charge in [-0.15, -0.1) is 0 Å². The summed E-state index contributed by atoms with van der Waals surface area (Å²) in [5, 5.41) is 2.78. The fraction of sp³-hybridized carbons (Fsp3) is 0.923. The van der Waals surface area contributed by atoms with Crippen LogP contribution >= 0.6 is 22.6 Å². The summed E-state index contributed by atoms with van der Waals surface area (Å²) in [6.07, 6.45) is 2.83. The van der Waals surface area contributed by atoms with Gasteiger partial charge in [0.2, 0.25) is 5.91 Å². The average Bonchev–Trinajstić information content (AvgIpc) is 2.40. The predicted molar refractivity (Wildman–Crippen MR) is 83.9 cm³/mol. The minimum absolute atomic E-state index is 0.0819. The maximum atomic E-state index is 11.1. The number of alkyl halides is 1. The number of unbranched alkanes of at least 4 members (excludes halogenated alkanes) is 1. The highest BCUT2D eigenvalue weighted by Crippen LogP contribution is 1.88. The molecule has 0 aliphatic carbocycles. The van der Waals surface area contributed by atoms with E-state index in [4.69, 9.17) is 14.2 Å². The van der Waals surface area contributed by atoms with Crippen molar-refractivity contribution < 1.29 is 19.0 Å². The topological polar surface area (TPSA) is 56.8 Å². The maximum absolute atomic E-state index is 11.1. The van der Waals surface area contributed by atoms with Crippen molar-refractivity contribution in [1.29, 1.82) is 0 Å². The molecule has 0 rings (SSSR count). The van der Waals surface area contributed by atoms with E-state index in [9.17, 15) is 4.79 Å². The van der Waals surface area contributed by atoms with E-state index in [0.717, 1.165) is 23.9 Å². The van der Waals surface area contributed by atoms with Crippen molar-refractivity contribution in [3.05, 3.63) is 0 Å². The number of hydrogen-bond donors (Lipinski definition) is 1. The number of nitrogens with one attached hydrogen (secondary N) is 1. The van der Waals surface area contributed by atoms with Gasteiger partial charge in [-0.25, -0.2) is 0 Å². The second-order valence-electron chi connectivity index (χ2n) is 3.98. The van der Waals surface area contributed by atoms with Crippen LogP contribution in [0.3, 0.4) is 0 Å². The Labute approximate surface area is 129 Å². The van der Waals surface area contributed by atoms with Gasteiger partial charge in [-0.05, 0) is 6.42 Å². The Kier molecular flexibility index (Phi) is 16.2. The van der Waals surface area contributed by atoms with Crippen LogP contribution in [0.1, 0.15) is 26.2 Å². The molecule has 1 N–H and O–H groups in total. The summed E-state index contributed by atoms with van der Waals surface area (Å²) in [5.41, 5.74) is 0. The van der Waals surface area contributed by atoms with E-state index in [1.807, 2.05) is 0 Å². The molecule has 0 spiro atoms. The van der Waals surface area contributed by atoms with E-state index in [-0.39, 0.29) is 5.91 Å². The van der Waals surface area contributed by atoms with E-state index in [1.165, 1.54) is 0 Å². The molecule has 0 radical (unpaired) electrons. The number of amides is 1. The molecule has 114 valence electrons. The quantitative estimate of drug-likeness (QED) is 0.281. The largest absolute Gasteiger partial charge is 0.379 e. The molecule has 0 aliphatic rings. The molecule has 5 nitrogen and oxygen atoms in total. The average molecular weight is 387 g/mol. The predicted octanol–water partition coefficient (Wildman–Crippen LogP) is 1.78. The van der Waals surface area contributed by atoms with Gasteiger partial charge in [0.1, 0.15) is 0 Å². The van der Waals surface area contributed by atoms with E-state index in [1.54, 1.807) is 0 Å². The summed E-state index contributed by atoms with van der Waals surface area (Å²) in [6, 6.07) is 0. The summed E-state index contributed by atoms with van der Waals surface area (Å²) in [6.45, 7) is 6.43. The van der Waals surface area contributed by atoms with E-state index in [0.29, 0.717) is 46.0 Å². The summed E-state index contributed by atoms with van der Waals surface area (Å²) in [4.78, 5) is 11.1. The third kappa shape index (κ3) is 16.0. The zero-order valence-electron chi connectivity index (χ0n) is 11.8. The van der Waals surface area contributed by atoms with Crippen molar-refractivity contribution in [1.82, 2.24) is 5.32 Å². The number of carbonyl (C=O) groups excluding carboxylic acids is 1. The fourth-order valence-electron chi connectivity index (χ4n) is 1.23. The number of hydrogen-bond acceptors (Lipinski definition) is 4. The van der Waals surface area contributed by atoms with Crippen molar-refractivity contribution in [3.8, 4) is 0 Å². The van der Waals surface area contributed by atoms with E-state index in [2.05, 4.69) is 34.8 Å². The molecule has 0 unspecified atom stereocenters. The fourth-order valence-corrected chi connectivity index (χ4v) is 1.72. The molecular weight excluding hydrogens is 361 g/mol. The van der Waals surface area contributed by atoms with Crippen molar-refractivity contribution >= 4 is 28.5 Å². The Balaban J connectivity index is 3.01. The van der Waals surface area contributed by atoms with Gasteiger partial charge in [-0.1, -0.05) is 35.9 Å². The monoisotopic (exact) mass is 387 g/mol. The lowest BCUT2D eigenvalue weighted by Crippen LogP contribution is -2.27. The van der Waals surface area contributed by atoms with Crippen LogP contribution in [0.25, 0.3) is 0 Å². The zero-order chi connectivity index (χ0) is 14.2. The highest BCUT2D eigenvalue weighted by Gasteiger charge is 1.97. The molecule has 0 bridgehead atoms. The Hall–Kier alpha value is 0.0800. The molecule has 6 heteroatoms. The minimum Gasteiger partial charge on any atom is -0.379 e. The van der Waals surface area contributed by atoms with Crippen LogP contribution in [0.2, 0.25) is 0 Å². The molecule has 1 amide bonds. The molecule has 0 aromatic rings. The number of ether oxygens (including phenoxy) is 3. The standard InChI is InChI=1S/C13H26INO4/c1-2-3-7-17-9-11-19-12-10-18-8-6-15-13(16)4-5-14/h2-12H2,1H3,(H,15,16). The molecule has 0 aliphatic heterocycles. The van der Waals surface area contributed by atoms with Crippen LogP contribution in [0.15, 0.2) is 0 Å². The van der Waals surface area contributed by atoms with Crippen molar-refractivity contribution in [3.63, 3.8) is 0 Å². The maximum Gasteiger partial charge on any atom is 0.220 e. The van der Waals surface area contributed by atoms with Gasteiger partial charge in [-0.3, -0.25) is 4.79 Å².